The quantitative estimate of drug-likeness (QED) is 0.304. The van der Waals surface area contributed by atoms with Crippen molar-refractivity contribution in [1.29, 1.82) is 0 Å². The van der Waals surface area contributed by atoms with E-state index < -0.39 is 16.5 Å². The van der Waals surface area contributed by atoms with E-state index in [0.29, 0.717) is 10.7 Å². The van der Waals surface area contributed by atoms with Gasteiger partial charge < -0.3 is 5.32 Å². The topological polar surface area (TPSA) is 135 Å². The highest BCUT2D eigenvalue weighted by molar-refractivity contribution is 7.22. The molecule has 0 aliphatic carbocycles. The molecule has 4 aromatic rings. The molecule has 3 N–H and O–H groups in total. The Labute approximate surface area is 180 Å². The summed E-state index contributed by atoms with van der Waals surface area (Å²) in [7, 11) is 0. The Kier molecular flexibility index (Phi) is 5.41. The minimum atomic E-state index is -0.623. The Hall–Kier alpha value is -4.12. The van der Waals surface area contributed by atoms with Gasteiger partial charge in [0, 0.05) is 5.56 Å². The Balaban J connectivity index is 1.59. The minimum absolute atomic E-state index is 0.0385. The third-order valence-electron chi connectivity index (χ3n) is 4.46. The normalized spacial score (nSPS) is 10.6. The molecule has 0 saturated heterocycles. The summed E-state index contributed by atoms with van der Waals surface area (Å²) in [4.78, 5) is 35.9. The molecule has 10 nitrogen and oxygen atoms in total. The summed E-state index contributed by atoms with van der Waals surface area (Å²) >= 11 is 1.35. The molecule has 31 heavy (non-hydrogen) atoms. The van der Waals surface area contributed by atoms with Crippen molar-refractivity contribution in [3.05, 3.63) is 75.6 Å². The van der Waals surface area contributed by atoms with Crippen LogP contribution < -0.4 is 16.2 Å². The first-order chi connectivity index (χ1) is 14.9. The van der Waals surface area contributed by atoms with Crippen LogP contribution in [0.3, 0.4) is 0 Å². The molecule has 11 heteroatoms. The molecule has 4 rings (SSSR count). The number of nitrogens with zero attached hydrogens (tertiary/aromatic N) is 4. The maximum atomic E-state index is 12.4. The third kappa shape index (κ3) is 4.26. The van der Waals surface area contributed by atoms with Crippen molar-refractivity contribution >= 4 is 49.9 Å². The highest BCUT2D eigenvalue weighted by Crippen LogP contribution is 2.34. The third-order valence-corrected chi connectivity index (χ3v) is 5.39. The van der Waals surface area contributed by atoms with Crippen molar-refractivity contribution in [1.82, 2.24) is 20.4 Å². The lowest BCUT2D eigenvalue weighted by molar-refractivity contribution is -0.383. The van der Waals surface area contributed by atoms with Crippen molar-refractivity contribution in [2.24, 2.45) is 0 Å². The van der Waals surface area contributed by atoms with Crippen LogP contribution in [-0.4, -0.2) is 25.8 Å². The zero-order valence-electron chi connectivity index (χ0n) is 16.5. The van der Waals surface area contributed by atoms with E-state index in [4.69, 9.17) is 0 Å². The molecule has 0 atom stereocenters. The first kappa shape index (κ1) is 20.2. The van der Waals surface area contributed by atoms with Gasteiger partial charge in [0.15, 0.2) is 5.13 Å². The molecule has 1 amide bonds. The van der Waals surface area contributed by atoms with Gasteiger partial charge in [0.1, 0.15) is 6.33 Å². The fourth-order valence-corrected chi connectivity index (χ4v) is 3.90. The average Bonchev–Trinajstić information content (AvgIpc) is 3.13. The molecular weight excluding hydrogens is 418 g/mol. The van der Waals surface area contributed by atoms with Gasteiger partial charge in [0.2, 0.25) is 11.6 Å². The SMILES string of the molecule is Cc1ccc2nc(Nc3ncnc(NNC(=O)c4ccccc4C)c3[N+](=O)[O-])sc2c1. The van der Waals surface area contributed by atoms with Crippen LogP contribution in [0.5, 0.6) is 0 Å². The van der Waals surface area contributed by atoms with Gasteiger partial charge in [0.05, 0.1) is 15.1 Å². The van der Waals surface area contributed by atoms with Gasteiger partial charge in [-0.25, -0.2) is 15.0 Å². The number of anilines is 3. The Bertz CT molecular complexity index is 1310. The zero-order chi connectivity index (χ0) is 22.0. The van der Waals surface area contributed by atoms with Crippen LogP contribution in [-0.2, 0) is 0 Å². The lowest BCUT2D eigenvalue weighted by atomic mass is 10.1. The van der Waals surface area contributed by atoms with Gasteiger partial charge in [-0.05, 0) is 43.2 Å². The fraction of sp³-hybridized carbons (Fsp3) is 0.100. The van der Waals surface area contributed by atoms with Gasteiger partial charge in [-0.1, -0.05) is 35.6 Å². The van der Waals surface area contributed by atoms with Crippen LogP contribution in [0.15, 0.2) is 48.8 Å². The second-order valence-corrected chi connectivity index (χ2v) is 7.72. The smallest absolute Gasteiger partial charge is 0.310 e. The van der Waals surface area contributed by atoms with Crippen molar-refractivity contribution in [2.45, 2.75) is 13.8 Å². The maximum absolute atomic E-state index is 12.4. The standard InChI is InChI=1S/C20H17N7O3S/c1-11-7-8-14-15(9-11)31-20(23-14)24-17-16(27(29)30)18(22-10-21-17)25-26-19(28)13-6-4-3-5-12(13)2/h3-10H,1-2H3,(H,26,28)(H2,21,22,23,24,25). The number of fused-ring (bicyclic) bond motifs is 1. The Morgan fingerprint density at radius 3 is 2.65 bits per heavy atom. The molecule has 0 aliphatic rings. The highest BCUT2D eigenvalue weighted by Gasteiger charge is 2.24. The molecule has 156 valence electrons. The summed E-state index contributed by atoms with van der Waals surface area (Å²) < 4.78 is 0.947. The lowest BCUT2D eigenvalue weighted by Gasteiger charge is -2.11. The van der Waals surface area contributed by atoms with Gasteiger partial charge in [-0.2, -0.15) is 0 Å². The Morgan fingerprint density at radius 1 is 1.10 bits per heavy atom. The molecular formula is C20H17N7O3S. The summed E-state index contributed by atoms with van der Waals surface area (Å²) in [6, 6.07) is 12.8. The van der Waals surface area contributed by atoms with E-state index >= 15 is 0 Å². The molecule has 0 bridgehead atoms. The van der Waals surface area contributed by atoms with Crippen LogP contribution in [0.2, 0.25) is 0 Å². The van der Waals surface area contributed by atoms with Crippen molar-refractivity contribution in [3.63, 3.8) is 0 Å². The number of hydrogen-bond donors (Lipinski definition) is 3. The van der Waals surface area contributed by atoms with Crippen LogP contribution in [0, 0.1) is 24.0 Å². The predicted octanol–water partition coefficient (Wildman–Crippen LogP) is 4.11. The summed E-state index contributed by atoms with van der Waals surface area (Å²) in [6.07, 6.45) is 1.16. The number of thiazole rings is 1. The first-order valence-electron chi connectivity index (χ1n) is 9.18. The van der Waals surface area contributed by atoms with Crippen LogP contribution in [0.1, 0.15) is 21.5 Å². The summed E-state index contributed by atoms with van der Waals surface area (Å²) in [5, 5.41) is 15.1. The maximum Gasteiger partial charge on any atom is 0.355 e. The summed E-state index contributed by atoms with van der Waals surface area (Å²) in [5.74, 6) is -0.633. The molecule has 2 aromatic carbocycles. The number of rotatable bonds is 6. The van der Waals surface area contributed by atoms with E-state index in [1.807, 2.05) is 31.2 Å². The minimum Gasteiger partial charge on any atom is -0.310 e. The van der Waals surface area contributed by atoms with Crippen molar-refractivity contribution in [2.75, 3.05) is 10.7 Å². The number of hydrazine groups is 1. The number of carbonyl (C=O) groups excluding carboxylic acids is 1. The lowest BCUT2D eigenvalue weighted by Crippen LogP contribution is -2.30. The predicted molar refractivity (Wildman–Crippen MR) is 119 cm³/mol. The van der Waals surface area contributed by atoms with Gasteiger partial charge >= 0.3 is 5.69 Å². The number of aromatic nitrogens is 3. The number of nitro groups is 1. The van der Waals surface area contributed by atoms with Gasteiger partial charge in [-0.3, -0.25) is 25.8 Å². The molecule has 0 saturated carbocycles. The van der Waals surface area contributed by atoms with Crippen LogP contribution in [0.25, 0.3) is 10.2 Å². The van der Waals surface area contributed by atoms with Crippen LogP contribution in [0.4, 0.5) is 22.5 Å². The zero-order valence-corrected chi connectivity index (χ0v) is 17.4. The highest BCUT2D eigenvalue weighted by atomic mass is 32.1. The summed E-state index contributed by atoms with van der Waals surface area (Å²) in [5.41, 5.74) is 7.64. The number of benzene rings is 2. The number of amides is 1. The Morgan fingerprint density at radius 2 is 1.87 bits per heavy atom. The molecule has 0 fully saturated rings. The molecule has 0 aliphatic heterocycles. The molecule has 2 aromatic heterocycles. The number of hydrogen-bond acceptors (Lipinski definition) is 9. The van der Waals surface area contributed by atoms with Crippen LogP contribution >= 0.6 is 11.3 Å². The van der Waals surface area contributed by atoms with E-state index in [0.717, 1.165) is 27.7 Å². The number of nitrogens with one attached hydrogen (secondary N) is 3. The second-order valence-electron chi connectivity index (χ2n) is 6.69. The monoisotopic (exact) mass is 435 g/mol. The van der Waals surface area contributed by atoms with Crippen molar-refractivity contribution < 1.29 is 9.72 Å². The van der Waals surface area contributed by atoms with E-state index in [2.05, 4.69) is 31.1 Å². The van der Waals surface area contributed by atoms with E-state index in [1.54, 1.807) is 25.1 Å². The van der Waals surface area contributed by atoms with E-state index in [-0.39, 0.29) is 11.6 Å². The summed E-state index contributed by atoms with van der Waals surface area (Å²) in [6.45, 7) is 3.77. The average molecular weight is 435 g/mol. The molecule has 2 heterocycles. The second kappa shape index (κ2) is 8.32. The van der Waals surface area contributed by atoms with E-state index in [9.17, 15) is 14.9 Å². The first-order valence-corrected chi connectivity index (χ1v) is 9.99. The number of aryl methyl sites for hydroxylation is 2. The molecule has 0 radical (unpaired) electrons. The van der Waals surface area contributed by atoms with Crippen molar-refractivity contribution in [3.8, 4) is 0 Å². The van der Waals surface area contributed by atoms with Gasteiger partial charge in [-0.15, -0.1) is 0 Å². The molecule has 0 spiro atoms. The van der Waals surface area contributed by atoms with E-state index in [1.165, 1.54) is 11.3 Å². The van der Waals surface area contributed by atoms with Gasteiger partial charge in [0.25, 0.3) is 5.91 Å². The molecule has 0 unspecified atom stereocenters. The fourth-order valence-electron chi connectivity index (χ4n) is 2.93. The number of carbonyl (C=O) groups is 1. The largest absolute Gasteiger partial charge is 0.355 e.